The van der Waals surface area contributed by atoms with Crippen LogP contribution in [-0.4, -0.2) is 64.7 Å². The molecule has 4 amide bonds. The Bertz CT molecular complexity index is 2610. The van der Waals surface area contributed by atoms with Crippen LogP contribution in [0.5, 0.6) is 23.0 Å². The number of amides is 4. The van der Waals surface area contributed by atoms with Crippen molar-refractivity contribution < 1.29 is 33.3 Å². The van der Waals surface area contributed by atoms with Crippen LogP contribution >= 0.6 is 0 Å². The molecule has 0 saturated carbocycles. The average molecular weight is 1100 g/mol. The Morgan fingerprint density at radius 3 is 0.875 bits per heavy atom. The van der Waals surface area contributed by atoms with Gasteiger partial charge in [0.15, 0.2) is 0 Å². The third-order valence-electron chi connectivity index (χ3n) is 14.9. The molecule has 4 N–H and O–H groups in total. The molecule has 0 aliphatic carbocycles. The van der Waals surface area contributed by atoms with E-state index in [0.29, 0.717) is 85.1 Å². The smallest absolute Gasteiger partial charge is 0.314 e. The summed E-state index contributed by atoms with van der Waals surface area (Å²) in [5.74, 6) is 3.53. The molecular weight excluding hydrogens is 997 g/mol. The second-order valence-electron chi connectivity index (χ2n) is 26.4. The van der Waals surface area contributed by atoms with Gasteiger partial charge in [-0.15, -0.1) is 0 Å². The Morgan fingerprint density at radius 1 is 0.362 bits per heavy atom. The first-order chi connectivity index (χ1) is 37.9. The zero-order chi connectivity index (χ0) is 58.7. The lowest BCUT2D eigenvalue weighted by Gasteiger charge is -2.29. The fourth-order valence-electron chi connectivity index (χ4n) is 9.83. The van der Waals surface area contributed by atoms with Crippen LogP contribution in [0.3, 0.4) is 0 Å². The molecule has 4 aromatic rings. The largest absolute Gasteiger partial charge is 0.493 e. The molecule has 1 aliphatic heterocycles. The number of urea groups is 2. The predicted molar refractivity (Wildman–Crippen MR) is 331 cm³/mol. The minimum Gasteiger partial charge on any atom is -0.493 e. The molecule has 1 aliphatic rings. The third-order valence-corrected chi connectivity index (χ3v) is 14.9. The number of carbonyl (C=O) groups excluding carboxylic acids is 2. The molecular formula is C69H106N4O7. The molecule has 0 atom stereocenters. The zero-order valence-corrected chi connectivity index (χ0v) is 52.7. The van der Waals surface area contributed by atoms with E-state index in [2.05, 4.69) is 181 Å². The summed E-state index contributed by atoms with van der Waals surface area (Å²) < 4.78 is 35.5. The Morgan fingerprint density at radius 2 is 0.613 bits per heavy atom. The summed E-state index contributed by atoms with van der Waals surface area (Å²) in [4.78, 5) is 24.9. The lowest BCUT2D eigenvalue weighted by atomic mass is 9.80. The van der Waals surface area contributed by atoms with E-state index in [1.807, 2.05) is 0 Å². The van der Waals surface area contributed by atoms with Gasteiger partial charge in [-0.25, -0.2) is 9.59 Å². The van der Waals surface area contributed by atoms with E-state index in [1.165, 1.54) is 22.3 Å². The van der Waals surface area contributed by atoms with Gasteiger partial charge in [-0.1, -0.05) is 160 Å². The molecule has 4 aromatic carbocycles. The van der Waals surface area contributed by atoms with Crippen LogP contribution in [0.25, 0.3) is 0 Å². The highest BCUT2D eigenvalue weighted by Gasteiger charge is 2.29. The quantitative estimate of drug-likeness (QED) is 0.0515. The van der Waals surface area contributed by atoms with Crippen molar-refractivity contribution in [2.75, 3.05) is 52.6 Å². The van der Waals surface area contributed by atoms with Crippen molar-refractivity contribution in [3.05, 3.63) is 115 Å². The second kappa shape index (κ2) is 30.6. The predicted octanol–water partition coefficient (Wildman–Crippen LogP) is 15.8. The third kappa shape index (κ3) is 19.9. The Hall–Kier alpha value is -5.42. The maximum Gasteiger partial charge on any atom is 0.314 e. The fraction of sp³-hybridized carbons (Fsp3) is 0.623. The van der Waals surface area contributed by atoms with E-state index >= 15 is 0 Å². The SMILES string of the molecule is CCCCOc1c2cc(C(C)(C)C)cc1Cc1cc(C(C)(C)C)cc(c1OCCCCNC(=O)NCCC)Cc1cc(C(C)(C)C)cc(c1OCCCC)Cc1cc(C(C)(C)C)cc(c1OCCCCNC(=O)NCCC)COC2. The monoisotopic (exact) mass is 1100 g/mol. The maximum atomic E-state index is 12.5. The number of hydrogen-bond acceptors (Lipinski definition) is 7. The van der Waals surface area contributed by atoms with E-state index in [1.54, 1.807) is 0 Å². The van der Waals surface area contributed by atoms with Crippen LogP contribution < -0.4 is 40.2 Å². The normalized spacial score (nSPS) is 13.2. The lowest BCUT2D eigenvalue weighted by molar-refractivity contribution is 0.102. The highest BCUT2D eigenvalue weighted by Crippen LogP contribution is 2.43. The van der Waals surface area contributed by atoms with Crippen molar-refractivity contribution in [2.24, 2.45) is 0 Å². The molecule has 0 unspecified atom stereocenters. The number of unbranched alkanes of at least 4 members (excludes halogenated alkanes) is 4. The first-order valence-electron chi connectivity index (χ1n) is 30.6. The molecule has 0 aromatic heterocycles. The summed E-state index contributed by atoms with van der Waals surface area (Å²) in [5, 5.41) is 11.9. The van der Waals surface area contributed by atoms with Gasteiger partial charge in [0, 0.05) is 56.6 Å². The van der Waals surface area contributed by atoms with Crippen LogP contribution in [0, 0.1) is 0 Å². The molecule has 1 heterocycles. The topological polar surface area (TPSA) is 128 Å². The lowest BCUT2D eigenvalue weighted by Crippen LogP contribution is -2.36. The van der Waals surface area contributed by atoms with Crippen LogP contribution in [0.15, 0.2) is 48.5 Å². The summed E-state index contributed by atoms with van der Waals surface area (Å²) >= 11 is 0. The van der Waals surface area contributed by atoms with Crippen LogP contribution in [0.1, 0.15) is 242 Å². The molecule has 0 fully saturated rings. The summed E-state index contributed by atoms with van der Waals surface area (Å²) in [5.41, 5.74) is 12.9. The number of ether oxygens (including phenoxy) is 5. The minimum absolute atomic E-state index is 0.130. The fourth-order valence-corrected chi connectivity index (χ4v) is 9.83. The van der Waals surface area contributed by atoms with Crippen molar-refractivity contribution >= 4 is 12.1 Å². The van der Waals surface area contributed by atoms with Gasteiger partial charge < -0.3 is 45.0 Å². The van der Waals surface area contributed by atoms with Gasteiger partial charge in [0.2, 0.25) is 0 Å². The van der Waals surface area contributed by atoms with Crippen molar-refractivity contribution in [3.8, 4) is 23.0 Å². The molecule has 11 nitrogen and oxygen atoms in total. The number of carbonyl (C=O) groups is 2. The van der Waals surface area contributed by atoms with E-state index in [9.17, 15) is 9.59 Å². The molecule has 0 saturated heterocycles. The average Bonchev–Trinajstić information content (AvgIpc) is 3.37. The van der Waals surface area contributed by atoms with Crippen molar-refractivity contribution in [1.29, 1.82) is 0 Å². The van der Waals surface area contributed by atoms with Crippen LogP contribution in [0.2, 0.25) is 0 Å². The zero-order valence-electron chi connectivity index (χ0n) is 52.7. The van der Waals surface area contributed by atoms with Gasteiger partial charge in [0.1, 0.15) is 23.0 Å². The number of nitrogens with one attached hydrogen (secondary N) is 4. The first-order valence-corrected chi connectivity index (χ1v) is 30.6. The van der Waals surface area contributed by atoms with Gasteiger partial charge in [0.25, 0.3) is 0 Å². The molecule has 5 rings (SSSR count). The Labute approximate surface area is 484 Å². The van der Waals surface area contributed by atoms with Gasteiger partial charge in [-0.05, 0) is 141 Å². The van der Waals surface area contributed by atoms with E-state index in [0.717, 1.165) is 132 Å². The van der Waals surface area contributed by atoms with Gasteiger partial charge in [-0.3, -0.25) is 0 Å². The van der Waals surface area contributed by atoms with Crippen molar-refractivity contribution in [3.63, 3.8) is 0 Å². The highest BCUT2D eigenvalue weighted by molar-refractivity contribution is 5.74. The van der Waals surface area contributed by atoms with Gasteiger partial charge >= 0.3 is 12.1 Å². The highest BCUT2D eigenvalue weighted by atomic mass is 16.5. The molecule has 11 heteroatoms. The number of benzene rings is 4. The maximum absolute atomic E-state index is 12.5. The molecule has 8 bridgehead atoms. The molecule has 0 spiro atoms. The summed E-state index contributed by atoms with van der Waals surface area (Å²) in [6, 6.07) is 18.6. The minimum atomic E-state index is -0.182. The number of fused-ring (bicyclic) bond motifs is 8. The van der Waals surface area contributed by atoms with E-state index in [-0.39, 0.29) is 33.7 Å². The first kappa shape index (κ1) is 65.4. The Balaban J connectivity index is 1.83. The standard InChI is InChI=1S/C69H106N4O7/c1-17-21-31-77-60-48-35-49-39-57(67(8,9)10)41-51(61(49)79-33-25-23-29-72-64(74)70-27-19-3)37-52-42-58(68(11,12)13)44-54(62(52)78-32-22-18-2)46-76-47-55-45-59(69(14,15)16)43-53(36-50(60)40-56(38-48)66(5,6)7)63(55)80-34-26-24-30-73-65(75)71-28-20-4/h38-45H,17-37,46-47H2,1-16H3,(H2,70,72,74)(H2,71,73,75). The van der Waals surface area contributed by atoms with Crippen molar-refractivity contribution in [2.45, 2.75) is 229 Å². The molecule has 0 radical (unpaired) electrons. The van der Waals surface area contributed by atoms with Crippen LogP contribution in [-0.2, 0) is 58.9 Å². The molecule has 444 valence electrons. The van der Waals surface area contributed by atoms with Crippen molar-refractivity contribution in [1.82, 2.24) is 21.3 Å². The summed E-state index contributed by atoms with van der Waals surface area (Å²) in [6.07, 6.45) is 10.5. The Kier molecular flexibility index (Phi) is 25.0. The molecule has 80 heavy (non-hydrogen) atoms. The van der Waals surface area contributed by atoms with Gasteiger partial charge in [-0.2, -0.15) is 0 Å². The van der Waals surface area contributed by atoms with E-state index in [4.69, 9.17) is 23.7 Å². The van der Waals surface area contributed by atoms with Crippen LogP contribution in [0.4, 0.5) is 9.59 Å². The second-order valence-corrected chi connectivity index (χ2v) is 26.4. The van der Waals surface area contributed by atoms with E-state index < -0.39 is 0 Å². The number of hydrogen-bond donors (Lipinski definition) is 4. The van der Waals surface area contributed by atoms with Gasteiger partial charge in [0.05, 0.1) is 39.6 Å². The summed E-state index contributed by atoms with van der Waals surface area (Å²) in [6.45, 7) is 41.2. The number of rotatable bonds is 24. The summed E-state index contributed by atoms with van der Waals surface area (Å²) in [7, 11) is 0.